The third kappa shape index (κ3) is 3.59. The van der Waals surface area contributed by atoms with Crippen molar-refractivity contribution in [3.8, 4) is 5.75 Å². The molecular formula is C23H20ClF4NO2. The molecule has 0 fully saturated rings. The summed E-state index contributed by atoms with van der Waals surface area (Å²) in [7, 11) is 0. The van der Waals surface area contributed by atoms with E-state index in [9.17, 15) is 27.8 Å². The Hall–Kier alpha value is -2.51. The molecule has 1 aliphatic heterocycles. The zero-order valence-electron chi connectivity index (χ0n) is 16.5. The van der Waals surface area contributed by atoms with E-state index in [0.717, 1.165) is 18.2 Å². The fraction of sp³-hybridized carbons (Fsp3) is 0.304. The molecule has 1 heterocycles. The Morgan fingerprint density at radius 2 is 1.90 bits per heavy atom. The molecule has 0 spiro atoms. The van der Waals surface area contributed by atoms with Crippen molar-refractivity contribution in [3.05, 3.63) is 76.6 Å². The number of alkyl halides is 3. The molecule has 2 aromatic rings. The lowest BCUT2D eigenvalue weighted by Crippen LogP contribution is -2.64. The third-order valence-corrected chi connectivity index (χ3v) is 6.31. The first-order valence-corrected chi connectivity index (χ1v) is 10.0. The third-order valence-electron chi connectivity index (χ3n) is 6.07. The summed E-state index contributed by atoms with van der Waals surface area (Å²) in [5, 5.41) is 21.8. The van der Waals surface area contributed by atoms with Crippen LogP contribution in [0.25, 0.3) is 6.08 Å². The molecule has 2 aromatic carbocycles. The minimum Gasteiger partial charge on any atom is -0.508 e. The number of hydrogen-bond acceptors (Lipinski definition) is 3. The van der Waals surface area contributed by atoms with Gasteiger partial charge in [0.15, 0.2) is 5.60 Å². The highest BCUT2D eigenvalue weighted by atomic mass is 35.5. The highest BCUT2D eigenvalue weighted by Crippen LogP contribution is 2.51. The molecule has 4 rings (SSSR count). The number of fused-ring (bicyclic) bond motifs is 1. The topological polar surface area (TPSA) is 43.7 Å². The van der Waals surface area contributed by atoms with E-state index in [1.807, 2.05) is 0 Å². The molecule has 2 N–H and O–H groups in total. The van der Waals surface area contributed by atoms with Crippen LogP contribution in [0.1, 0.15) is 24.5 Å². The Morgan fingerprint density at radius 1 is 1.16 bits per heavy atom. The van der Waals surface area contributed by atoms with Gasteiger partial charge in [-0.25, -0.2) is 4.39 Å². The Bertz CT molecular complexity index is 1080. The number of aliphatic hydroxyl groups is 1. The number of phenolic OH excluding ortho intramolecular Hbond substituents is 1. The summed E-state index contributed by atoms with van der Waals surface area (Å²) >= 11 is 6.02. The molecule has 0 saturated carbocycles. The van der Waals surface area contributed by atoms with E-state index in [0.29, 0.717) is 16.3 Å². The monoisotopic (exact) mass is 453 g/mol. The summed E-state index contributed by atoms with van der Waals surface area (Å²) in [5.74, 6) is -1.02. The molecule has 1 aliphatic carbocycles. The van der Waals surface area contributed by atoms with Gasteiger partial charge in [0.05, 0.1) is 6.04 Å². The van der Waals surface area contributed by atoms with Crippen molar-refractivity contribution >= 4 is 23.4 Å². The predicted octanol–water partition coefficient (Wildman–Crippen LogP) is 5.60. The molecule has 2 aliphatic rings. The van der Waals surface area contributed by atoms with Gasteiger partial charge in [0.1, 0.15) is 11.6 Å². The van der Waals surface area contributed by atoms with Gasteiger partial charge in [-0.3, -0.25) is 0 Å². The number of nitrogens with zero attached hydrogens (tertiary/aromatic N) is 1. The second-order valence-electron chi connectivity index (χ2n) is 8.24. The Morgan fingerprint density at radius 3 is 2.61 bits per heavy atom. The van der Waals surface area contributed by atoms with E-state index in [4.69, 9.17) is 11.6 Å². The van der Waals surface area contributed by atoms with E-state index >= 15 is 0 Å². The maximum Gasteiger partial charge on any atom is 0.419 e. The number of phenols is 1. The van der Waals surface area contributed by atoms with Gasteiger partial charge in [0.2, 0.25) is 0 Å². The second-order valence-corrected chi connectivity index (χ2v) is 8.68. The fourth-order valence-corrected chi connectivity index (χ4v) is 4.72. The van der Waals surface area contributed by atoms with Crippen molar-refractivity contribution in [1.82, 2.24) is 0 Å². The van der Waals surface area contributed by atoms with Gasteiger partial charge in [0, 0.05) is 34.7 Å². The molecule has 3 nitrogen and oxygen atoms in total. The molecule has 0 amide bonds. The number of aromatic hydroxyl groups is 1. The summed E-state index contributed by atoms with van der Waals surface area (Å²) in [6.45, 7) is 1.60. The largest absolute Gasteiger partial charge is 0.508 e. The van der Waals surface area contributed by atoms with Crippen LogP contribution in [0.5, 0.6) is 5.75 Å². The molecule has 3 atom stereocenters. The average Bonchev–Trinajstić information content (AvgIpc) is 2.68. The fourth-order valence-electron chi connectivity index (χ4n) is 4.54. The summed E-state index contributed by atoms with van der Waals surface area (Å²) in [6, 6.07) is 6.54. The molecule has 31 heavy (non-hydrogen) atoms. The van der Waals surface area contributed by atoms with Crippen molar-refractivity contribution in [2.24, 2.45) is 0 Å². The van der Waals surface area contributed by atoms with Crippen molar-refractivity contribution in [1.29, 1.82) is 0 Å². The van der Waals surface area contributed by atoms with Crippen molar-refractivity contribution in [2.75, 3.05) is 11.4 Å². The first-order valence-electron chi connectivity index (χ1n) is 9.65. The average molecular weight is 454 g/mol. The summed E-state index contributed by atoms with van der Waals surface area (Å²) in [6.07, 6.45) is 0.492. The first kappa shape index (κ1) is 21.7. The normalized spacial score (nSPS) is 28.0. The van der Waals surface area contributed by atoms with Gasteiger partial charge in [-0.15, -0.1) is 0 Å². The van der Waals surface area contributed by atoms with Crippen molar-refractivity contribution in [2.45, 2.75) is 36.6 Å². The van der Waals surface area contributed by atoms with Crippen LogP contribution in [0.4, 0.5) is 23.2 Å². The van der Waals surface area contributed by atoms with Gasteiger partial charge >= 0.3 is 6.18 Å². The molecule has 0 bridgehead atoms. The van der Waals surface area contributed by atoms with Crippen LogP contribution < -0.4 is 4.90 Å². The maximum absolute atomic E-state index is 14.3. The lowest BCUT2D eigenvalue weighted by atomic mass is 9.66. The van der Waals surface area contributed by atoms with Gasteiger partial charge in [-0.2, -0.15) is 13.2 Å². The molecule has 8 heteroatoms. The van der Waals surface area contributed by atoms with Gasteiger partial charge in [-0.1, -0.05) is 42.8 Å². The zero-order chi connectivity index (χ0) is 22.6. The predicted molar refractivity (Wildman–Crippen MR) is 112 cm³/mol. The van der Waals surface area contributed by atoms with Crippen LogP contribution in [0, 0.1) is 5.82 Å². The van der Waals surface area contributed by atoms with E-state index in [1.54, 1.807) is 30.4 Å². The number of hydrogen-bond donors (Lipinski definition) is 2. The lowest BCUT2D eigenvalue weighted by molar-refractivity contribution is -0.271. The van der Waals surface area contributed by atoms with E-state index < -0.39 is 35.5 Å². The van der Waals surface area contributed by atoms with Crippen LogP contribution in [0.15, 0.2) is 54.6 Å². The number of allylic oxidation sites excluding steroid dienone is 1. The second kappa shape index (κ2) is 7.28. The van der Waals surface area contributed by atoms with Gasteiger partial charge in [0.25, 0.3) is 0 Å². The van der Waals surface area contributed by atoms with Crippen molar-refractivity contribution < 1.29 is 27.8 Å². The smallest absolute Gasteiger partial charge is 0.419 e. The summed E-state index contributed by atoms with van der Waals surface area (Å²) < 4.78 is 56.8. The van der Waals surface area contributed by atoms with E-state index in [-0.39, 0.29) is 17.9 Å². The van der Waals surface area contributed by atoms with Crippen molar-refractivity contribution in [3.63, 3.8) is 0 Å². The molecule has 0 saturated heterocycles. The summed E-state index contributed by atoms with van der Waals surface area (Å²) in [5.41, 5.74) is -3.46. The van der Waals surface area contributed by atoms with Crippen LogP contribution in [0.3, 0.4) is 0 Å². The van der Waals surface area contributed by atoms with Crippen LogP contribution in [-0.4, -0.2) is 34.6 Å². The zero-order valence-corrected chi connectivity index (χ0v) is 17.3. The highest BCUT2D eigenvalue weighted by molar-refractivity contribution is 6.30. The Kier molecular flexibility index (Phi) is 5.10. The van der Waals surface area contributed by atoms with Gasteiger partial charge < -0.3 is 15.1 Å². The molecule has 3 unspecified atom stereocenters. The molecule has 164 valence electrons. The quantitative estimate of drug-likeness (QED) is 0.459. The number of anilines is 1. The highest BCUT2D eigenvalue weighted by Gasteiger charge is 2.63. The molecule has 0 aromatic heterocycles. The van der Waals surface area contributed by atoms with Gasteiger partial charge in [-0.05, 0) is 42.0 Å². The Balaban J connectivity index is 1.84. The minimum atomic E-state index is -4.99. The molecular weight excluding hydrogens is 434 g/mol. The standard InChI is InChI=1S/C23H20ClF4NO2/c1-21(17-12-16(25)5-7-19(17)30)9-8-20(22(31,13-21)23(26,27)28)29-10-2-3-14-11-15(24)4-6-18(14)29/h2-9,11-12,20,30-31H,10,13H2,1H3. The first-order chi connectivity index (χ1) is 14.4. The summed E-state index contributed by atoms with van der Waals surface area (Å²) in [4.78, 5) is 1.47. The maximum atomic E-state index is 14.3. The van der Waals surface area contributed by atoms with Crippen LogP contribution >= 0.6 is 11.6 Å². The molecule has 0 radical (unpaired) electrons. The number of benzene rings is 2. The van der Waals surface area contributed by atoms with E-state index in [2.05, 4.69) is 0 Å². The van der Waals surface area contributed by atoms with E-state index in [1.165, 1.54) is 24.0 Å². The minimum absolute atomic E-state index is 0.0180. The van der Waals surface area contributed by atoms with Crippen LogP contribution in [-0.2, 0) is 5.41 Å². The Labute approximate surface area is 181 Å². The SMILES string of the molecule is CC1(c2cc(F)ccc2O)C=CC(N2CC=Cc3cc(Cl)ccc32)C(O)(C(F)(F)F)C1. The number of halogens is 5. The number of rotatable bonds is 2. The van der Waals surface area contributed by atoms with Crippen LogP contribution in [0.2, 0.25) is 5.02 Å². The lowest BCUT2D eigenvalue weighted by Gasteiger charge is -2.50.